The number of phenols is 1. The van der Waals surface area contributed by atoms with Crippen molar-refractivity contribution < 1.29 is 33.7 Å². The van der Waals surface area contributed by atoms with E-state index in [0.717, 1.165) is 101 Å². The number of piperidine rings is 3. The average molecular weight is 837 g/mol. The largest absolute Gasteiger partial charge is 0.508 e. The third-order valence-electron chi connectivity index (χ3n) is 15.8. The molecule has 11 nitrogen and oxygen atoms in total. The lowest BCUT2D eigenvalue weighted by molar-refractivity contribution is -0.136. The summed E-state index contributed by atoms with van der Waals surface area (Å²) in [5.74, 6) is 2.18. The molecule has 4 saturated heterocycles. The van der Waals surface area contributed by atoms with Gasteiger partial charge in [-0.1, -0.05) is 48.5 Å². The number of likely N-dealkylation sites (tertiary alicyclic amines) is 1. The van der Waals surface area contributed by atoms with E-state index in [2.05, 4.69) is 75.8 Å². The quantitative estimate of drug-likeness (QED) is 0.193. The first-order valence-corrected chi connectivity index (χ1v) is 22.8. The van der Waals surface area contributed by atoms with Gasteiger partial charge in [-0.2, -0.15) is 0 Å². The number of imide groups is 1. The maximum Gasteiger partial charge on any atom is 0.255 e. The normalized spacial score (nSPS) is 26.3. The van der Waals surface area contributed by atoms with Crippen LogP contribution in [0.5, 0.6) is 17.2 Å². The molecule has 2 N–H and O–H groups in total. The monoisotopic (exact) mass is 836 g/mol. The van der Waals surface area contributed by atoms with E-state index in [0.29, 0.717) is 42.7 Å². The topological polar surface area (TPSA) is 121 Å². The SMILES string of the molecule is COc1cc(N2CCC3(CC2)CC(CN2CCC4(CC2)COc2c4ccc4c2CN([C@H]2CCC(=O)NC2=O)C4=O)CO3)ccc1[C@@H]1c2ccc(O)cc2CC[C@@H]1c1ccccc1. The number of carbonyl (C=O) groups is 3. The van der Waals surface area contributed by atoms with E-state index in [-0.39, 0.29) is 35.2 Å². The number of fused-ring (bicyclic) bond motifs is 5. The van der Waals surface area contributed by atoms with Crippen LogP contribution < -0.4 is 19.7 Å². The Kier molecular flexibility index (Phi) is 9.83. The molecule has 1 unspecified atom stereocenters. The first-order chi connectivity index (χ1) is 30.2. The average Bonchev–Trinajstić information content (AvgIpc) is 3.97. The third-order valence-corrected chi connectivity index (χ3v) is 15.8. The number of carbonyl (C=O) groups excluding carboxylic acids is 3. The van der Waals surface area contributed by atoms with Gasteiger partial charge >= 0.3 is 0 Å². The molecule has 6 aliphatic heterocycles. The number of benzene rings is 4. The van der Waals surface area contributed by atoms with Gasteiger partial charge in [-0.3, -0.25) is 19.7 Å². The van der Waals surface area contributed by atoms with Crippen LogP contribution in [-0.4, -0.2) is 97.3 Å². The van der Waals surface area contributed by atoms with Gasteiger partial charge in [-0.25, -0.2) is 0 Å². The Hall–Kier alpha value is -5.39. The van der Waals surface area contributed by atoms with Crippen molar-refractivity contribution in [3.8, 4) is 17.2 Å². The van der Waals surface area contributed by atoms with Gasteiger partial charge in [-0.05, 0) is 117 Å². The second-order valence-corrected chi connectivity index (χ2v) is 19.1. The van der Waals surface area contributed by atoms with Crippen LogP contribution in [0.15, 0.2) is 78.9 Å². The number of anilines is 1. The molecular weight excluding hydrogens is 781 g/mol. The molecule has 0 saturated carbocycles. The first-order valence-electron chi connectivity index (χ1n) is 22.8. The van der Waals surface area contributed by atoms with Gasteiger partial charge in [0.1, 0.15) is 23.3 Å². The second kappa shape index (κ2) is 15.4. The molecule has 0 bridgehead atoms. The van der Waals surface area contributed by atoms with Crippen LogP contribution in [-0.2, 0) is 32.7 Å². The zero-order valence-corrected chi connectivity index (χ0v) is 35.6. The van der Waals surface area contributed by atoms with Crippen molar-refractivity contribution in [3.05, 3.63) is 118 Å². The van der Waals surface area contributed by atoms with Crippen molar-refractivity contribution in [2.75, 3.05) is 57.9 Å². The molecule has 11 rings (SSSR count). The summed E-state index contributed by atoms with van der Waals surface area (Å²) in [6, 6.07) is 26.9. The summed E-state index contributed by atoms with van der Waals surface area (Å²) in [6.45, 7) is 6.69. The van der Waals surface area contributed by atoms with Gasteiger partial charge in [0.15, 0.2) is 0 Å². The Bertz CT molecular complexity index is 2420. The zero-order valence-electron chi connectivity index (χ0n) is 35.6. The van der Waals surface area contributed by atoms with Gasteiger partial charge in [0, 0.05) is 71.4 Å². The van der Waals surface area contributed by atoms with E-state index in [1.807, 2.05) is 18.2 Å². The lowest BCUT2D eigenvalue weighted by Crippen LogP contribution is -2.52. The minimum absolute atomic E-state index is 0.0679. The molecule has 4 fully saturated rings. The summed E-state index contributed by atoms with van der Waals surface area (Å²) in [7, 11) is 1.79. The summed E-state index contributed by atoms with van der Waals surface area (Å²) in [4.78, 5) is 44.6. The number of nitrogens with one attached hydrogen (secondary N) is 1. The number of nitrogens with zero attached hydrogens (tertiary/aromatic N) is 3. The van der Waals surface area contributed by atoms with Crippen LogP contribution in [0.2, 0.25) is 0 Å². The molecular formula is C51H56N4O7. The van der Waals surface area contributed by atoms with Gasteiger partial charge in [-0.15, -0.1) is 0 Å². The zero-order chi connectivity index (χ0) is 42.2. The summed E-state index contributed by atoms with van der Waals surface area (Å²) >= 11 is 0. The Balaban J connectivity index is 0.714. The highest BCUT2D eigenvalue weighted by molar-refractivity contribution is 6.05. The Morgan fingerprint density at radius 1 is 0.871 bits per heavy atom. The van der Waals surface area contributed by atoms with Crippen molar-refractivity contribution in [2.24, 2.45) is 5.92 Å². The summed E-state index contributed by atoms with van der Waals surface area (Å²) in [5, 5.41) is 12.7. The van der Waals surface area contributed by atoms with Gasteiger partial charge in [0.2, 0.25) is 11.8 Å². The predicted octanol–water partition coefficient (Wildman–Crippen LogP) is 6.83. The molecule has 7 aliphatic rings. The first kappa shape index (κ1) is 39.5. The molecule has 4 atom stereocenters. The molecule has 4 aromatic rings. The molecule has 62 heavy (non-hydrogen) atoms. The van der Waals surface area contributed by atoms with Crippen molar-refractivity contribution in [2.45, 2.75) is 93.2 Å². The van der Waals surface area contributed by atoms with Gasteiger partial charge in [0.05, 0.1) is 32.5 Å². The van der Waals surface area contributed by atoms with Crippen molar-refractivity contribution >= 4 is 23.4 Å². The van der Waals surface area contributed by atoms with E-state index in [1.54, 1.807) is 12.0 Å². The summed E-state index contributed by atoms with van der Waals surface area (Å²) in [5.41, 5.74) is 8.77. The van der Waals surface area contributed by atoms with Gasteiger partial charge < -0.3 is 34.0 Å². The Morgan fingerprint density at radius 3 is 2.47 bits per heavy atom. The molecule has 4 aromatic carbocycles. The molecule has 6 heterocycles. The fourth-order valence-corrected chi connectivity index (χ4v) is 12.4. The molecule has 3 amide bonds. The highest BCUT2D eigenvalue weighted by atomic mass is 16.5. The lowest BCUT2D eigenvalue weighted by atomic mass is 9.69. The van der Waals surface area contributed by atoms with Crippen LogP contribution >= 0.6 is 0 Å². The molecule has 2 spiro atoms. The molecule has 11 heteroatoms. The Labute approximate surface area is 363 Å². The van der Waals surface area contributed by atoms with Crippen molar-refractivity contribution in [3.63, 3.8) is 0 Å². The molecule has 322 valence electrons. The Morgan fingerprint density at radius 2 is 1.68 bits per heavy atom. The van der Waals surface area contributed by atoms with Crippen LogP contribution in [0.1, 0.15) is 107 Å². The van der Waals surface area contributed by atoms with Crippen molar-refractivity contribution in [1.82, 2.24) is 15.1 Å². The van der Waals surface area contributed by atoms with Crippen LogP contribution in [0.4, 0.5) is 5.69 Å². The molecule has 0 radical (unpaired) electrons. The molecule has 1 aliphatic carbocycles. The van der Waals surface area contributed by atoms with Crippen molar-refractivity contribution in [1.29, 1.82) is 0 Å². The molecule has 0 aromatic heterocycles. The number of aromatic hydroxyl groups is 1. The number of aryl methyl sites for hydroxylation is 1. The summed E-state index contributed by atoms with van der Waals surface area (Å²) < 4.78 is 19.4. The predicted molar refractivity (Wildman–Crippen MR) is 234 cm³/mol. The minimum Gasteiger partial charge on any atom is -0.508 e. The maximum atomic E-state index is 13.4. The van der Waals surface area contributed by atoms with E-state index in [4.69, 9.17) is 14.2 Å². The number of methoxy groups -OCH3 is 1. The van der Waals surface area contributed by atoms with E-state index in [9.17, 15) is 19.5 Å². The van der Waals surface area contributed by atoms with Crippen LogP contribution in [0.25, 0.3) is 0 Å². The lowest BCUT2D eigenvalue weighted by Gasteiger charge is -2.41. The maximum absolute atomic E-state index is 13.4. The third kappa shape index (κ3) is 6.74. The second-order valence-electron chi connectivity index (χ2n) is 19.1. The smallest absolute Gasteiger partial charge is 0.255 e. The standard InChI is InChI=1S/C51H56N4O7/c1-60-44-26-35(8-11-40(44)46-37(33-5-3-2-4-6-33)10-7-34-25-36(56)9-12-38(34)46)54-23-19-51(20-24-54)27-32(30-62-51)28-53-21-17-50(18-22-53)31-61-47-41-29-55(43-15-16-45(57)52-48(43)58)49(59)39(41)13-14-42(47)50/h2-6,8-9,11-14,25-26,32,37,43,46,56H,7,10,15-24,27-31H2,1H3,(H,52,57,58)/t32?,37-,43+,46+/m1/s1. The van der Waals surface area contributed by atoms with E-state index >= 15 is 0 Å². The number of hydrogen-bond donors (Lipinski definition) is 2. The van der Waals surface area contributed by atoms with Gasteiger partial charge in [0.25, 0.3) is 5.91 Å². The van der Waals surface area contributed by atoms with Crippen LogP contribution in [0.3, 0.4) is 0 Å². The highest BCUT2D eigenvalue weighted by Crippen LogP contribution is 2.52. The number of rotatable bonds is 7. The van der Waals surface area contributed by atoms with E-state index in [1.165, 1.54) is 33.5 Å². The number of ether oxygens (including phenoxy) is 3. The summed E-state index contributed by atoms with van der Waals surface area (Å²) in [6.07, 6.45) is 7.66. The number of hydrogen-bond acceptors (Lipinski definition) is 9. The highest BCUT2D eigenvalue weighted by Gasteiger charge is 2.49. The minimum atomic E-state index is -0.632. The number of amides is 3. The van der Waals surface area contributed by atoms with Crippen LogP contribution in [0, 0.1) is 5.92 Å². The van der Waals surface area contributed by atoms with E-state index < -0.39 is 11.9 Å². The fraction of sp³-hybridized carbons (Fsp3) is 0.471. The fourth-order valence-electron chi connectivity index (χ4n) is 12.4. The number of phenolic OH excluding ortho intramolecular Hbond substituents is 1.